The Balaban J connectivity index is 2.13. The monoisotopic (exact) mass is 384 g/mol. The van der Waals surface area contributed by atoms with Crippen LogP contribution in [0, 0.1) is 18.3 Å². The summed E-state index contributed by atoms with van der Waals surface area (Å²) in [7, 11) is 0. The van der Waals surface area contributed by atoms with E-state index in [1.807, 2.05) is 33.1 Å². The Hall–Kier alpha value is -0.750. The van der Waals surface area contributed by atoms with E-state index in [2.05, 4.69) is 23.8 Å². The highest BCUT2D eigenvalue weighted by Crippen LogP contribution is 2.27. The summed E-state index contributed by atoms with van der Waals surface area (Å²) in [5.41, 5.74) is 0.620. The van der Waals surface area contributed by atoms with Crippen LogP contribution in [0.25, 0.3) is 0 Å². The first-order valence-electron chi connectivity index (χ1n) is 8.97. The summed E-state index contributed by atoms with van der Waals surface area (Å²) in [6.07, 6.45) is 6.33. The molecule has 0 aromatic carbocycles. The topological polar surface area (TPSA) is 52.1 Å². The van der Waals surface area contributed by atoms with Crippen molar-refractivity contribution in [1.82, 2.24) is 9.97 Å². The lowest BCUT2D eigenvalue weighted by Crippen LogP contribution is -2.32. The minimum atomic E-state index is -0.401. The highest BCUT2D eigenvalue weighted by Gasteiger charge is 2.32. The molecule has 0 radical (unpaired) electrons. The quantitative estimate of drug-likeness (QED) is 0.168. The lowest BCUT2D eigenvalue weighted by atomic mass is 9.81. The van der Waals surface area contributed by atoms with Crippen molar-refractivity contribution in [1.29, 1.82) is 0 Å². The van der Waals surface area contributed by atoms with Crippen LogP contribution >= 0.6 is 23.5 Å². The van der Waals surface area contributed by atoms with Gasteiger partial charge in [-0.3, -0.25) is 4.79 Å². The molecule has 6 heteroatoms. The van der Waals surface area contributed by atoms with E-state index >= 15 is 0 Å². The molecule has 1 heterocycles. The molecule has 1 rings (SSSR count). The van der Waals surface area contributed by atoms with E-state index in [0.29, 0.717) is 6.61 Å². The van der Waals surface area contributed by atoms with Crippen molar-refractivity contribution in [3.63, 3.8) is 0 Å². The molecule has 0 aliphatic carbocycles. The van der Waals surface area contributed by atoms with Gasteiger partial charge in [-0.1, -0.05) is 38.5 Å². The van der Waals surface area contributed by atoms with E-state index in [9.17, 15) is 4.79 Å². The molecule has 1 aromatic heterocycles. The second kappa shape index (κ2) is 11.1. The lowest BCUT2D eigenvalue weighted by Gasteiger charge is -2.26. The minimum absolute atomic E-state index is 0.0817. The van der Waals surface area contributed by atoms with Crippen molar-refractivity contribution in [2.75, 3.05) is 18.6 Å². The van der Waals surface area contributed by atoms with Crippen LogP contribution in [-0.2, 0) is 9.53 Å². The number of rotatable bonds is 11. The van der Waals surface area contributed by atoms with E-state index in [-0.39, 0.29) is 11.9 Å². The van der Waals surface area contributed by atoms with Crippen LogP contribution < -0.4 is 0 Å². The normalized spacial score (nSPS) is 11.8. The smallest absolute Gasteiger partial charge is 0.311 e. The molecule has 0 atom stereocenters. The number of carbonyl (C=O) groups is 1. The van der Waals surface area contributed by atoms with Crippen molar-refractivity contribution < 1.29 is 9.53 Å². The Morgan fingerprint density at radius 1 is 1.20 bits per heavy atom. The third-order valence-electron chi connectivity index (χ3n) is 4.48. The second-order valence-corrected chi connectivity index (χ2v) is 9.00. The van der Waals surface area contributed by atoms with Crippen LogP contribution in [0.2, 0.25) is 0 Å². The minimum Gasteiger partial charge on any atom is -0.465 e. The first-order valence-corrected chi connectivity index (χ1v) is 11.2. The molecule has 0 saturated heterocycles. The summed E-state index contributed by atoms with van der Waals surface area (Å²) in [5.74, 6) is 1.26. The summed E-state index contributed by atoms with van der Waals surface area (Å²) in [6.45, 7) is 10.6. The zero-order chi connectivity index (χ0) is 18.9. The Morgan fingerprint density at radius 2 is 1.88 bits per heavy atom. The van der Waals surface area contributed by atoms with Crippen molar-refractivity contribution in [3.05, 3.63) is 11.8 Å². The number of thioether (sulfide) groups is 2. The van der Waals surface area contributed by atoms with Gasteiger partial charge in [0.1, 0.15) is 5.03 Å². The van der Waals surface area contributed by atoms with E-state index in [0.717, 1.165) is 47.3 Å². The fourth-order valence-electron chi connectivity index (χ4n) is 2.00. The predicted octanol–water partition coefficient (Wildman–Crippen LogP) is 5.38. The van der Waals surface area contributed by atoms with Gasteiger partial charge in [0.2, 0.25) is 0 Å². The van der Waals surface area contributed by atoms with Crippen LogP contribution in [0.5, 0.6) is 0 Å². The van der Waals surface area contributed by atoms with Crippen molar-refractivity contribution in [3.8, 4) is 0 Å². The average Bonchev–Trinajstić information content (AvgIpc) is 2.56. The number of aryl methyl sites for hydroxylation is 1. The van der Waals surface area contributed by atoms with Gasteiger partial charge >= 0.3 is 5.97 Å². The summed E-state index contributed by atoms with van der Waals surface area (Å²) >= 11 is 3.37. The molecule has 0 N–H and O–H groups in total. The first-order chi connectivity index (χ1) is 11.8. The van der Waals surface area contributed by atoms with E-state index < -0.39 is 5.41 Å². The summed E-state index contributed by atoms with van der Waals surface area (Å²) < 4.78 is 5.42. The van der Waals surface area contributed by atoms with Gasteiger partial charge in [-0.2, -0.15) is 0 Å². The fourth-order valence-corrected chi connectivity index (χ4v) is 3.44. The second-order valence-electron chi connectivity index (χ2n) is 7.11. The predicted molar refractivity (Wildman–Crippen MR) is 107 cm³/mol. The fraction of sp³-hybridized carbons (Fsp3) is 0.737. The Kier molecular flexibility index (Phi) is 9.87. The number of aromatic nitrogens is 2. The van der Waals surface area contributed by atoms with Gasteiger partial charge in [0.25, 0.3) is 0 Å². The third kappa shape index (κ3) is 7.99. The number of unbranched alkanes of at least 4 members (excludes halogenated alkanes) is 3. The molecule has 0 bridgehead atoms. The zero-order valence-corrected chi connectivity index (χ0v) is 18.1. The Morgan fingerprint density at radius 3 is 2.52 bits per heavy atom. The van der Waals surface area contributed by atoms with Crippen LogP contribution in [0.4, 0.5) is 0 Å². The molecule has 0 aliphatic heterocycles. The number of nitrogens with zero attached hydrogens (tertiary/aromatic N) is 2. The number of carbonyl (C=O) groups excluding carboxylic acids is 1. The molecule has 1 aromatic rings. The van der Waals surface area contributed by atoms with Gasteiger partial charge in [0.05, 0.1) is 12.0 Å². The number of hydrogen-bond donors (Lipinski definition) is 0. The number of ether oxygens (including phenoxy) is 1. The van der Waals surface area contributed by atoms with Crippen LogP contribution in [0.15, 0.2) is 16.2 Å². The van der Waals surface area contributed by atoms with Crippen LogP contribution in [-0.4, -0.2) is 34.6 Å². The average molecular weight is 385 g/mol. The van der Waals surface area contributed by atoms with E-state index in [1.165, 1.54) is 0 Å². The van der Waals surface area contributed by atoms with Gasteiger partial charge in [-0.15, -0.1) is 11.8 Å². The zero-order valence-electron chi connectivity index (χ0n) is 16.4. The van der Waals surface area contributed by atoms with E-state index in [4.69, 9.17) is 4.74 Å². The SMILES string of the molecule is CSc1nc(C)cc(SCCCCCCOC(=O)C(C)(C)C(C)C)n1. The van der Waals surface area contributed by atoms with Gasteiger partial charge in [-0.05, 0) is 57.6 Å². The summed E-state index contributed by atoms with van der Waals surface area (Å²) in [6, 6.07) is 2.04. The molecular weight excluding hydrogens is 352 g/mol. The molecule has 0 saturated carbocycles. The van der Waals surface area contributed by atoms with Gasteiger partial charge in [0.15, 0.2) is 5.16 Å². The van der Waals surface area contributed by atoms with Crippen molar-refractivity contribution in [2.24, 2.45) is 11.3 Å². The molecule has 0 amide bonds. The van der Waals surface area contributed by atoms with Gasteiger partial charge < -0.3 is 4.74 Å². The molecule has 25 heavy (non-hydrogen) atoms. The highest BCUT2D eigenvalue weighted by molar-refractivity contribution is 7.99. The Bertz CT molecular complexity index is 548. The number of esters is 1. The molecule has 142 valence electrons. The highest BCUT2D eigenvalue weighted by atomic mass is 32.2. The molecule has 0 aliphatic rings. The molecule has 4 nitrogen and oxygen atoms in total. The Labute approximate surface area is 161 Å². The van der Waals surface area contributed by atoms with Crippen molar-refractivity contribution in [2.45, 2.75) is 70.5 Å². The van der Waals surface area contributed by atoms with Gasteiger partial charge in [0, 0.05) is 5.69 Å². The molecule has 0 fully saturated rings. The molecular formula is C19H32N2O2S2. The first kappa shape index (κ1) is 22.3. The number of hydrogen-bond acceptors (Lipinski definition) is 6. The maximum atomic E-state index is 12.0. The maximum Gasteiger partial charge on any atom is 0.311 e. The summed E-state index contributed by atoms with van der Waals surface area (Å²) in [4.78, 5) is 20.9. The molecule has 0 unspecified atom stereocenters. The van der Waals surface area contributed by atoms with Crippen LogP contribution in [0.1, 0.15) is 59.1 Å². The standard InChI is InChI=1S/C19H32N2O2S2/c1-14(2)19(4,5)17(22)23-11-9-7-8-10-12-25-16-13-15(3)20-18(21-16)24-6/h13-14H,7-12H2,1-6H3. The largest absolute Gasteiger partial charge is 0.465 e. The molecule has 0 spiro atoms. The van der Waals surface area contributed by atoms with Gasteiger partial charge in [-0.25, -0.2) is 9.97 Å². The third-order valence-corrected chi connectivity index (χ3v) is 6.03. The van der Waals surface area contributed by atoms with Crippen molar-refractivity contribution >= 4 is 29.5 Å². The van der Waals surface area contributed by atoms with E-state index in [1.54, 1.807) is 23.5 Å². The lowest BCUT2D eigenvalue weighted by molar-refractivity contribution is -0.156. The maximum absolute atomic E-state index is 12.0. The van der Waals surface area contributed by atoms with Crippen LogP contribution in [0.3, 0.4) is 0 Å². The summed E-state index contributed by atoms with van der Waals surface area (Å²) in [5, 5.41) is 1.90.